The summed E-state index contributed by atoms with van der Waals surface area (Å²) in [6.45, 7) is 3.55. The maximum atomic E-state index is 11.2. The number of ether oxygens (including phenoxy) is 1. The van der Waals surface area contributed by atoms with Crippen molar-refractivity contribution in [2.75, 3.05) is 6.61 Å². The van der Waals surface area contributed by atoms with Crippen LogP contribution < -0.4 is 10.4 Å². The van der Waals surface area contributed by atoms with Crippen molar-refractivity contribution in [2.45, 2.75) is 26.4 Å². The van der Waals surface area contributed by atoms with Gasteiger partial charge in [-0.2, -0.15) is 0 Å². The van der Waals surface area contributed by atoms with Crippen LogP contribution in [-0.2, 0) is 4.79 Å². The Labute approximate surface area is 144 Å². The molecule has 1 atom stereocenters. The second kappa shape index (κ2) is 8.30. The molecule has 2 aromatic rings. The zero-order valence-corrected chi connectivity index (χ0v) is 14.1. The Morgan fingerprint density at radius 3 is 2.72 bits per heavy atom. The van der Waals surface area contributed by atoms with Crippen molar-refractivity contribution in [2.24, 2.45) is 0 Å². The molecule has 6 nitrogen and oxygen atoms in total. The number of benzene rings is 1. The van der Waals surface area contributed by atoms with Gasteiger partial charge in [-0.25, -0.2) is 9.59 Å². The van der Waals surface area contributed by atoms with Crippen molar-refractivity contribution >= 4 is 16.9 Å². The molecule has 0 radical (unpaired) electrons. The first-order valence-corrected chi connectivity index (χ1v) is 7.77. The Bertz CT molecular complexity index is 875. The summed E-state index contributed by atoms with van der Waals surface area (Å²) in [4.78, 5) is 22.0. The molecule has 2 rings (SSSR count). The predicted molar refractivity (Wildman–Crippen MR) is 93.8 cm³/mol. The number of fused-ring (bicyclic) bond motifs is 1. The van der Waals surface area contributed by atoms with Gasteiger partial charge in [0.15, 0.2) is 0 Å². The first-order chi connectivity index (χ1) is 11.8. The van der Waals surface area contributed by atoms with E-state index in [1.807, 2.05) is 6.92 Å². The fourth-order valence-electron chi connectivity index (χ4n) is 2.24. The molecule has 132 valence electrons. The van der Waals surface area contributed by atoms with Crippen molar-refractivity contribution in [3.05, 3.63) is 64.1 Å². The number of aliphatic hydroxyl groups is 1. The maximum absolute atomic E-state index is 11.2. The normalized spacial score (nSPS) is 13.7. The van der Waals surface area contributed by atoms with E-state index in [0.29, 0.717) is 17.8 Å². The van der Waals surface area contributed by atoms with Crippen LogP contribution in [0.3, 0.4) is 0 Å². The fraction of sp³-hybridized carbons (Fsp3) is 0.263. The summed E-state index contributed by atoms with van der Waals surface area (Å²) in [6.07, 6.45) is 2.58. The van der Waals surface area contributed by atoms with Crippen molar-refractivity contribution in [3.63, 3.8) is 0 Å². The summed E-state index contributed by atoms with van der Waals surface area (Å²) in [5.41, 5.74) is 1.01. The Morgan fingerprint density at radius 1 is 1.28 bits per heavy atom. The van der Waals surface area contributed by atoms with Crippen LogP contribution in [0.2, 0.25) is 0 Å². The highest BCUT2D eigenvalue weighted by Crippen LogP contribution is 2.19. The molecule has 1 aromatic carbocycles. The Balaban J connectivity index is 1.94. The molecule has 1 unspecified atom stereocenters. The van der Waals surface area contributed by atoms with Gasteiger partial charge in [0.2, 0.25) is 0 Å². The highest BCUT2D eigenvalue weighted by Gasteiger charge is 2.06. The quantitative estimate of drug-likeness (QED) is 0.455. The first-order valence-electron chi connectivity index (χ1n) is 7.77. The number of rotatable bonds is 7. The summed E-state index contributed by atoms with van der Waals surface area (Å²) in [5.74, 6) is -0.486. The van der Waals surface area contributed by atoms with E-state index in [-0.39, 0.29) is 12.2 Å². The van der Waals surface area contributed by atoms with Crippen LogP contribution in [0.25, 0.3) is 11.0 Å². The Morgan fingerprint density at radius 2 is 2.00 bits per heavy atom. The van der Waals surface area contributed by atoms with Gasteiger partial charge in [-0.3, -0.25) is 0 Å². The van der Waals surface area contributed by atoms with Crippen molar-refractivity contribution < 1.29 is 24.2 Å². The predicted octanol–water partition coefficient (Wildman–Crippen LogP) is 2.90. The van der Waals surface area contributed by atoms with Crippen LogP contribution >= 0.6 is 0 Å². The lowest BCUT2D eigenvalue weighted by Crippen LogP contribution is -2.07. The Kier molecular flexibility index (Phi) is 6.14. The fourth-order valence-corrected chi connectivity index (χ4v) is 2.24. The maximum Gasteiger partial charge on any atom is 0.336 e. The minimum atomic E-state index is -1.05. The van der Waals surface area contributed by atoms with Crippen LogP contribution in [0.5, 0.6) is 5.75 Å². The molecule has 0 saturated carbocycles. The van der Waals surface area contributed by atoms with E-state index in [0.717, 1.165) is 11.0 Å². The van der Waals surface area contributed by atoms with E-state index in [2.05, 4.69) is 0 Å². The van der Waals surface area contributed by atoms with Gasteiger partial charge in [0, 0.05) is 23.1 Å². The third-order valence-electron chi connectivity index (χ3n) is 3.59. The standard InChI is InChI=1S/C19H20O6/c1-12(9-15(20)10-13(2)19(22)23)7-8-24-16-5-3-14-4-6-18(21)25-17(14)11-16/h3-7,10-11,15,20H,8-9H2,1-2H3,(H,22,23). The van der Waals surface area contributed by atoms with E-state index in [4.69, 9.17) is 14.3 Å². The third-order valence-corrected chi connectivity index (χ3v) is 3.59. The molecule has 0 saturated heterocycles. The van der Waals surface area contributed by atoms with Gasteiger partial charge in [-0.1, -0.05) is 5.57 Å². The van der Waals surface area contributed by atoms with Crippen molar-refractivity contribution in [3.8, 4) is 5.75 Å². The van der Waals surface area contributed by atoms with E-state index in [1.165, 1.54) is 19.1 Å². The summed E-state index contributed by atoms with van der Waals surface area (Å²) in [5, 5.41) is 19.4. The lowest BCUT2D eigenvalue weighted by Gasteiger charge is -2.08. The van der Waals surface area contributed by atoms with E-state index >= 15 is 0 Å². The van der Waals surface area contributed by atoms with Gasteiger partial charge in [0.05, 0.1) is 6.10 Å². The molecule has 1 aromatic heterocycles. The number of aliphatic carboxylic acids is 1. The molecule has 0 amide bonds. The average molecular weight is 344 g/mol. The minimum absolute atomic E-state index is 0.106. The highest BCUT2D eigenvalue weighted by atomic mass is 16.5. The minimum Gasteiger partial charge on any atom is -0.489 e. The number of aliphatic hydroxyl groups excluding tert-OH is 1. The molecular weight excluding hydrogens is 324 g/mol. The zero-order chi connectivity index (χ0) is 18.4. The molecule has 0 aliphatic heterocycles. The SMILES string of the molecule is CC(=CCOc1ccc2ccc(=O)oc2c1)CC(O)C=C(C)C(=O)O. The second-order valence-corrected chi connectivity index (χ2v) is 5.74. The van der Waals surface area contributed by atoms with Crippen LogP contribution in [0, 0.1) is 0 Å². The van der Waals surface area contributed by atoms with Crippen LogP contribution in [0.1, 0.15) is 20.3 Å². The smallest absolute Gasteiger partial charge is 0.336 e. The molecular formula is C19H20O6. The molecule has 1 heterocycles. The summed E-state index contributed by atoms with van der Waals surface area (Å²) in [6, 6.07) is 8.27. The lowest BCUT2D eigenvalue weighted by atomic mass is 10.1. The van der Waals surface area contributed by atoms with Crippen LogP contribution in [-0.4, -0.2) is 28.9 Å². The van der Waals surface area contributed by atoms with Gasteiger partial charge >= 0.3 is 11.6 Å². The monoisotopic (exact) mass is 344 g/mol. The summed E-state index contributed by atoms with van der Waals surface area (Å²) < 4.78 is 10.7. The van der Waals surface area contributed by atoms with Gasteiger partial charge in [0.25, 0.3) is 0 Å². The largest absolute Gasteiger partial charge is 0.489 e. The highest BCUT2D eigenvalue weighted by molar-refractivity contribution is 5.85. The molecule has 6 heteroatoms. The topological polar surface area (TPSA) is 97.0 Å². The van der Waals surface area contributed by atoms with Crippen molar-refractivity contribution in [1.82, 2.24) is 0 Å². The van der Waals surface area contributed by atoms with Crippen LogP contribution in [0.15, 0.2) is 62.8 Å². The second-order valence-electron chi connectivity index (χ2n) is 5.74. The average Bonchev–Trinajstić information content (AvgIpc) is 2.54. The molecule has 0 fully saturated rings. The van der Waals surface area contributed by atoms with Gasteiger partial charge < -0.3 is 19.4 Å². The molecule has 0 aliphatic carbocycles. The van der Waals surface area contributed by atoms with E-state index in [9.17, 15) is 14.7 Å². The van der Waals surface area contributed by atoms with Crippen molar-refractivity contribution in [1.29, 1.82) is 0 Å². The van der Waals surface area contributed by atoms with Gasteiger partial charge in [-0.15, -0.1) is 0 Å². The Hall–Kier alpha value is -2.86. The van der Waals surface area contributed by atoms with E-state index < -0.39 is 17.7 Å². The van der Waals surface area contributed by atoms with E-state index in [1.54, 1.807) is 30.3 Å². The number of carboxylic acids is 1. The number of carbonyl (C=O) groups is 1. The molecule has 0 spiro atoms. The molecule has 25 heavy (non-hydrogen) atoms. The molecule has 0 bridgehead atoms. The summed E-state index contributed by atoms with van der Waals surface area (Å²) >= 11 is 0. The number of hydrogen-bond donors (Lipinski definition) is 2. The third kappa shape index (κ3) is 5.61. The lowest BCUT2D eigenvalue weighted by molar-refractivity contribution is -0.132. The van der Waals surface area contributed by atoms with Gasteiger partial charge in [0.1, 0.15) is 17.9 Å². The molecule has 0 aliphatic rings. The first kappa shape index (κ1) is 18.5. The molecule has 2 N–H and O–H groups in total. The number of carboxylic acid groups (broad SMARTS) is 1. The summed E-state index contributed by atoms with van der Waals surface area (Å²) in [7, 11) is 0. The van der Waals surface area contributed by atoms with Gasteiger partial charge in [-0.05, 0) is 50.6 Å². The number of hydrogen-bond acceptors (Lipinski definition) is 5. The van der Waals surface area contributed by atoms with Crippen LogP contribution in [0.4, 0.5) is 0 Å². The zero-order valence-electron chi connectivity index (χ0n) is 14.1.